The second kappa shape index (κ2) is 7.98. The molecular weight excluding hydrogens is 435 g/mol. The smallest absolute Gasteiger partial charge is 0.264 e. The van der Waals surface area contributed by atoms with Crippen molar-refractivity contribution >= 4 is 44.7 Å². The Labute approximate surface area is 188 Å². The zero-order valence-corrected chi connectivity index (χ0v) is 18.5. The summed E-state index contributed by atoms with van der Waals surface area (Å²) < 4.78 is 15.9. The molecule has 3 heterocycles. The molecule has 1 fully saturated rings. The molecule has 0 unspecified atom stereocenters. The maximum Gasteiger partial charge on any atom is 0.264 e. The van der Waals surface area contributed by atoms with Crippen molar-refractivity contribution in [3.8, 4) is 5.69 Å². The van der Waals surface area contributed by atoms with Crippen LogP contribution in [0.1, 0.15) is 15.4 Å². The van der Waals surface area contributed by atoms with Crippen molar-refractivity contribution in [3.05, 3.63) is 76.0 Å². The SMILES string of the molecule is Cc1nn(-c2ccc(Cl)cc2)c2sc(C(=O)N3CCN(c4ccccc4F)CC3)cc12. The molecule has 0 atom stereocenters. The highest BCUT2D eigenvalue weighted by atomic mass is 35.5. The maximum atomic E-state index is 14.1. The number of para-hydroxylation sites is 1. The Bertz CT molecular complexity index is 1260. The highest BCUT2D eigenvalue weighted by Gasteiger charge is 2.26. The zero-order valence-electron chi connectivity index (χ0n) is 16.9. The lowest BCUT2D eigenvalue weighted by molar-refractivity contribution is 0.0751. The largest absolute Gasteiger partial charge is 0.366 e. The van der Waals surface area contributed by atoms with Gasteiger partial charge in [0.25, 0.3) is 5.91 Å². The summed E-state index contributed by atoms with van der Waals surface area (Å²) in [6, 6.07) is 16.2. The molecule has 5 rings (SSSR count). The van der Waals surface area contributed by atoms with Gasteiger partial charge in [-0.25, -0.2) is 9.07 Å². The summed E-state index contributed by atoms with van der Waals surface area (Å²) in [5, 5.41) is 6.28. The van der Waals surface area contributed by atoms with Gasteiger partial charge in [0.2, 0.25) is 0 Å². The highest BCUT2D eigenvalue weighted by Crippen LogP contribution is 2.32. The number of carbonyl (C=O) groups is 1. The minimum absolute atomic E-state index is 0.0106. The van der Waals surface area contributed by atoms with E-state index in [1.165, 1.54) is 17.4 Å². The molecule has 2 aromatic heterocycles. The van der Waals surface area contributed by atoms with Gasteiger partial charge in [0, 0.05) is 36.6 Å². The number of amides is 1. The predicted molar refractivity (Wildman–Crippen MR) is 123 cm³/mol. The molecular formula is C23H20ClFN4OS. The molecule has 31 heavy (non-hydrogen) atoms. The quantitative estimate of drug-likeness (QED) is 0.430. The number of rotatable bonds is 3. The van der Waals surface area contributed by atoms with Gasteiger partial charge < -0.3 is 9.80 Å². The maximum absolute atomic E-state index is 14.1. The number of hydrogen-bond donors (Lipinski definition) is 0. The van der Waals surface area contributed by atoms with Crippen LogP contribution in [0, 0.1) is 12.7 Å². The van der Waals surface area contributed by atoms with Crippen LogP contribution in [0.5, 0.6) is 0 Å². The Morgan fingerprint density at radius 3 is 2.48 bits per heavy atom. The Hall–Kier alpha value is -2.90. The Kier molecular flexibility index (Phi) is 5.16. The number of carbonyl (C=O) groups excluding carboxylic acids is 1. The van der Waals surface area contributed by atoms with Crippen LogP contribution in [0.2, 0.25) is 5.02 Å². The van der Waals surface area contributed by atoms with Crippen LogP contribution in [0.4, 0.5) is 10.1 Å². The summed E-state index contributed by atoms with van der Waals surface area (Å²) in [4.78, 5) is 18.6. The number of benzene rings is 2. The summed E-state index contributed by atoms with van der Waals surface area (Å²) in [5.41, 5.74) is 2.38. The van der Waals surface area contributed by atoms with Crippen molar-refractivity contribution in [2.75, 3.05) is 31.1 Å². The normalized spacial score (nSPS) is 14.4. The van der Waals surface area contributed by atoms with E-state index in [4.69, 9.17) is 11.6 Å². The topological polar surface area (TPSA) is 41.4 Å². The molecule has 0 bridgehead atoms. The number of aromatic nitrogens is 2. The van der Waals surface area contributed by atoms with Crippen LogP contribution in [0.25, 0.3) is 15.9 Å². The Morgan fingerprint density at radius 1 is 1.06 bits per heavy atom. The second-order valence-electron chi connectivity index (χ2n) is 7.53. The molecule has 2 aromatic carbocycles. The number of nitrogens with zero attached hydrogens (tertiary/aromatic N) is 4. The minimum atomic E-state index is -0.228. The first-order chi connectivity index (χ1) is 15.0. The van der Waals surface area contributed by atoms with Crippen LogP contribution in [-0.2, 0) is 0 Å². The average molecular weight is 455 g/mol. The van der Waals surface area contributed by atoms with E-state index >= 15 is 0 Å². The predicted octanol–water partition coefficient (Wildman–Crippen LogP) is 5.15. The summed E-state index contributed by atoms with van der Waals surface area (Å²) in [6.07, 6.45) is 0. The number of anilines is 1. The summed E-state index contributed by atoms with van der Waals surface area (Å²) >= 11 is 7.46. The molecule has 158 valence electrons. The van der Waals surface area contributed by atoms with E-state index in [1.807, 2.05) is 57.8 Å². The molecule has 1 amide bonds. The lowest BCUT2D eigenvalue weighted by atomic mass is 10.2. The number of aryl methyl sites for hydroxylation is 1. The van der Waals surface area contributed by atoms with Gasteiger partial charge in [0.05, 0.1) is 21.9 Å². The lowest BCUT2D eigenvalue weighted by Gasteiger charge is -2.36. The van der Waals surface area contributed by atoms with E-state index in [1.54, 1.807) is 12.1 Å². The van der Waals surface area contributed by atoms with E-state index in [-0.39, 0.29) is 11.7 Å². The van der Waals surface area contributed by atoms with Crippen molar-refractivity contribution in [3.63, 3.8) is 0 Å². The van der Waals surface area contributed by atoms with Gasteiger partial charge in [-0.15, -0.1) is 11.3 Å². The first kappa shape index (κ1) is 20.0. The van der Waals surface area contributed by atoms with Gasteiger partial charge in [0.1, 0.15) is 10.6 Å². The molecule has 0 aliphatic carbocycles. The third-order valence-electron chi connectivity index (χ3n) is 5.59. The van der Waals surface area contributed by atoms with Crippen molar-refractivity contribution in [2.24, 2.45) is 0 Å². The van der Waals surface area contributed by atoms with E-state index in [0.717, 1.165) is 21.6 Å². The molecule has 1 aliphatic heterocycles. The first-order valence-corrected chi connectivity index (χ1v) is 11.2. The number of piperazine rings is 1. The van der Waals surface area contributed by atoms with Crippen LogP contribution >= 0.6 is 22.9 Å². The molecule has 8 heteroatoms. The van der Waals surface area contributed by atoms with Crippen LogP contribution in [-0.4, -0.2) is 46.8 Å². The molecule has 0 spiro atoms. The van der Waals surface area contributed by atoms with Gasteiger partial charge in [-0.1, -0.05) is 23.7 Å². The van der Waals surface area contributed by atoms with Crippen LogP contribution in [0.3, 0.4) is 0 Å². The van der Waals surface area contributed by atoms with Gasteiger partial charge in [-0.2, -0.15) is 5.10 Å². The molecule has 0 N–H and O–H groups in total. The van der Waals surface area contributed by atoms with E-state index in [0.29, 0.717) is 41.8 Å². The second-order valence-corrected chi connectivity index (χ2v) is 9.00. The fraction of sp³-hybridized carbons (Fsp3) is 0.217. The summed E-state index contributed by atoms with van der Waals surface area (Å²) in [6.45, 7) is 4.28. The van der Waals surface area contributed by atoms with Gasteiger partial charge >= 0.3 is 0 Å². The lowest BCUT2D eigenvalue weighted by Crippen LogP contribution is -2.48. The summed E-state index contributed by atoms with van der Waals surface area (Å²) in [7, 11) is 0. The Balaban J connectivity index is 1.37. The third-order valence-corrected chi connectivity index (χ3v) is 6.94. The monoisotopic (exact) mass is 454 g/mol. The number of fused-ring (bicyclic) bond motifs is 1. The number of hydrogen-bond acceptors (Lipinski definition) is 4. The molecule has 1 aliphatic rings. The standard InChI is InChI=1S/C23H20ClFN4OS/c1-15-18-14-21(31-23(18)29(26-15)17-8-6-16(24)7-9-17)22(30)28-12-10-27(11-13-28)20-5-3-2-4-19(20)25/h2-9,14H,10-13H2,1H3. The van der Waals surface area contributed by atoms with Gasteiger partial charge in [0.15, 0.2) is 0 Å². The first-order valence-electron chi connectivity index (χ1n) is 10.0. The summed E-state index contributed by atoms with van der Waals surface area (Å²) in [5.74, 6) is -0.217. The van der Waals surface area contributed by atoms with Crippen molar-refractivity contribution in [1.82, 2.24) is 14.7 Å². The van der Waals surface area contributed by atoms with Crippen molar-refractivity contribution < 1.29 is 9.18 Å². The molecule has 5 nitrogen and oxygen atoms in total. The van der Waals surface area contributed by atoms with E-state index in [2.05, 4.69) is 5.10 Å². The van der Waals surface area contributed by atoms with E-state index in [9.17, 15) is 9.18 Å². The van der Waals surface area contributed by atoms with Crippen molar-refractivity contribution in [2.45, 2.75) is 6.92 Å². The molecule has 4 aromatic rings. The molecule has 0 saturated carbocycles. The fourth-order valence-corrected chi connectivity index (χ4v) is 5.20. The highest BCUT2D eigenvalue weighted by molar-refractivity contribution is 7.20. The number of thiophene rings is 1. The van der Waals surface area contributed by atoms with Crippen molar-refractivity contribution in [1.29, 1.82) is 0 Å². The third kappa shape index (κ3) is 3.68. The van der Waals surface area contributed by atoms with Crippen LogP contribution in [0.15, 0.2) is 54.6 Å². The minimum Gasteiger partial charge on any atom is -0.366 e. The average Bonchev–Trinajstić information content (AvgIpc) is 3.35. The number of halogens is 2. The van der Waals surface area contributed by atoms with E-state index < -0.39 is 0 Å². The molecule has 0 radical (unpaired) electrons. The fourth-order valence-electron chi connectivity index (χ4n) is 3.92. The zero-order chi connectivity index (χ0) is 21.5. The molecule has 1 saturated heterocycles. The Morgan fingerprint density at radius 2 is 1.77 bits per heavy atom. The van der Waals surface area contributed by atoms with Crippen LogP contribution < -0.4 is 4.90 Å². The van der Waals surface area contributed by atoms with Gasteiger partial charge in [-0.3, -0.25) is 4.79 Å². The van der Waals surface area contributed by atoms with Gasteiger partial charge in [-0.05, 0) is 49.4 Å².